The van der Waals surface area contributed by atoms with Gasteiger partial charge in [0.1, 0.15) is 5.75 Å². The van der Waals surface area contributed by atoms with E-state index in [9.17, 15) is 4.79 Å². The summed E-state index contributed by atoms with van der Waals surface area (Å²) in [5, 5.41) is 5.54. The van der Waals surface area contributed by atoms with E-state index in [4.69, 9.17) is 21.3 Å². The second-order valence-electron chi connectivity index (χ2n) is 7.03. The summed E-state index contributed by atoms with van der Waals surface area (Å²) in [6.07, 6.45) is 1.57. The van der Waals surface area contributed by atoms with Crippen molar-refractivity contribution in [3.8, 4) is 17.1 Å². The number of hydrogen-bond donors (Lipinski definition) is 0. The highest BCUT2D eigenvalue weighted by Crippen LogP contribution is 2.23. The Kier molecular flexibility index (Phi) is 5.63. The summed E-state index contributed by atoms with van der Waals surface area (Å²) in [6, 6.07) is 22.1. The Hall–Kier alpha value is -3.44. The van der Waals surface area contributed by atoms with Crippen LogP contribution in [0.5, 0.6) is 5.75 Å². The van der Waals surface area contributed by atoms with E-state index in [1.807, 2.05) is 62.4 Å². The van der Waals surface area contributed by atoms with E-state index in [1.54, 1.807) is 30.5 Å². The van der Waals surface area contributed by atoms with Crippen LogP contribution < -0.4 is 10.3 Å². The summed E-state index contributed by atoms with van der Waals surface area (Å²) < 4.78 is 7.17. The fraction of sp³-hybridized carbons (Fsp3) is 0.125. The molecule has 5 nitrogen and oxygen atoms in total. The van der Waals surface area contributed by atoms with E-state index in [0.717, 1.165) is 5.56 Å². The molecule has 0 atom stereocenters. The number of halogens is 1. The molecule has 30 heavy (non-hydrogen) atoms. The normalized spacial score (nSPS) is 11.5. The lowest BCUT2D eigenvalue weighted by Gasteiger charge is -2.13. The summed E-state index contributed by atoms with van der Waals surface area (Å²) in [4.78, 5) is 17.9. The molecule has 6 heteroatoms. The van der Waals surface area contributed by atoms with E-state index in [0.29, 0.717) is 33.1 Å². The first-order chi connectivity index (χ1) is 14.5. The number of ether oxygens (including phenoxy) is 1. The molecule has 0 spiro atoms. The molecule has 0 saturated heterocycles. The van der Waals surface area contributed by atoms with E-state index in [-0.39, 0.29) is 11.7 Å². The molecule has 150 valence electrons. The van der Waals surface area contributed by atoms with E-state index in [1.165, 1.54) is 4.68 Å². The lowest BCUT2D eigenvalue weighted by atomic mass is 10.2. The van der Waals surface area contributed by atoms with Gasteiger partial charge in [-0.2, -0.15) is 9.78 Å². The lowest BCUT2D eigenvalue weighted by Crippen LogP contribution is -2.20. The first-order valence-electron chi connectivity index (χ1n) is 9.61. The Morgan fingerprint density at radius 3 is 2.53 bits per heavy atom. The van der Waals surface area contributed by atoms with Crippen molar-refractivity contribution in [3.63, 3.8) is 0 Å². The third-order valence-electron chi connectivity index (χ3n) is 4.43. The average molecular weight is 418 g/mol. The number of hydrogen-bond acceptors (Lipinski definition) is 4. The maximum absolute atomic E-state index is 13.2. The Bertz CT molecular complexity index is 1280. The Labute approximate surface area is 179 Å². The van der Waals surface area contributed by atoms with Gasteiger partial charge in [0.15, 0.2) is 5.82 Å². The van der Waals surface area contributed by atoms with Crippen molar-refractivity contribution in [1.29, 1.82) is 0 Å². The summed E-state index contributed by atoms with van der Waals surface area (Å²) >= 11 is 6.17. The zero-order chi connectivity index (χ0) is 21.1. The van der Waals surface area contributed by atoms with Crippen LogP contribution in [-0.4, -0.2) is 22.0 Å². The smallest absolute Gasteiger partial charge is 0.282 e. The van der Waals surface area contributed by atoms with Gasteiger partial charge in [0, 0.05) is 16.1 Å². The fourth-order valence-electron chi connectivity index (χ4n) is 3.11. The Morgan fingerprint density at radius 1 is 1.03 bits per heavy atom. The molecule has 0 unspecified atom stereocenters. The van der Waals surface area contributed by atoms with Crippen LogP contribution in [0.1, 0.15) is 19.4 Å². The second kappa shape index (κ2) is 8.51. The minimum Gasteiger partial charge on any atom is -0.490 e. The maximum atomic E-state index is 13.2. The number of rotatable bonds is 5. The van der Waals surface area contributed by atoms with Crippen molar-refractivity contribution in [2.45, 2.75) is 20.0 Å². The zero-order valence-electron chi connectivity index (χ0n) is 16.6. The molecule has 4 rings (SSSR count). The minimum atomic E-state index is -0.246. The zero-order valence-corrected chi connectivity index (χ0v) is 17.4. The monoisotopic (exact) mass is 417 g/mol. The van der Waals surface area contributed by atoms with E-state index in [2.05, 4.69) is 5.10 Å². The molecule has 0 aliphatic heterocycles. The molecule has 0 amide bonds. The quantitative estimate of drug-likeness (QED) is 0.409. The number of fused-ring (bicyclic) bond motifs is 1. The second-order valence-corrected chi connectivity index (χ2v) is 7.47. The molecular weight excluding hydrogens is 398 g/mol. The molecule has 0 aliphatic rings. The summed E-state index contributed by atoms with van der Waals surface area (Å²) in [7, 11) is 0. The van der Waals surface area contributed by atoms with Gasteiger partial charge in [-0.3, -0.25) is 4.79 Å². The summed E-state index contributed by atoms with van der Waals surface area (Å²) in [5.74, 6) is 1.10. The summed E-state index contributed by atoms with van der Waals surface area (Å²) in [6.45, 7) is 3.89. The SMILES string of the molecule is CC(C)Oc1ccc(Cl)cc1C=Nn1c(-c2ccccc2)nc2ccccc2c1=O. The van der Waals surface area contributed by atoms with Gasteiger partial charge in [0.25, 0.3) is 5.56 Å². The van der Waals surface area contributed by atoms with Crippen LogP contribution in [0.3, 0.4) is 0 Å². The van der Waals surface area contributed by atoms with Gasteiger partial charge in [-0.05, 0) is 44.2 Å². The number of nitrogens with zero attached hydrogens (tertiary/aromatic N) is 3. The van der Waals surface area contributed by atoms with Crippen LogP contribution >= 0.6 is 11.6 Å². The predicted molar refractivity (Wildman–Crippen MR) is 122 cm³/mol. The van der Waals surface area contributed by atoms with Crippen molar-refractivity contribution in [2.24, 2.45) is 5.10 Å². The molecule has 0 radical (unpaired) electrons. The standard InChI is InChI=1S/C24H20ClN3O2/c1-16(2)30-22-13-12-19(25)14-18(22)15-26-28-23(17-8-4-3-5-9-17)27-21-11-7-6-10-20(21)24(28)29/h3-16H,1-2H3. The van der Waals surface area contributed by atoms with Crippen molar-refractivity contribution in [3.05, 3.63) is 93.7 Å². The van der Waals surface area contributed by atoms with E-state index < -0.39 is 0 Å². The van der Waals surface area contributed by atoms with Crippen molar-refractivity contribution in [2.75, 3.05) is 0 Å². The van der Waals surface area contributed by atoms with Crippen molar-refractivity contribution in [1.82, 2.24) is 9.66 Å². The molecule has 1 aromatic heterocycles. The Balaban J connectivity index is 1.90. The van der Waals surface area contributed by atoms with Crippen LogP contribution in [0.25, 0.3) is 22.3 Å². The van der Waals surface area contributed by atoms with Crippen LogP contribution in [0, 0.1) is 0 Å². The highest BCUT2D eigenvalue weighted by atomic mass is 35.5. The first-order valence-corrected chi connectivity index (χ1v) is 9.98. The predicted octanol–water partition coefficient (Wildman–Crippen LogP) is 5.39. The van der Waals surface area contributed by atoms with Gasteiger partial charge in [-0.25, -0.2) is 4.98 Å². The fourth-order valence-corrected chi connectivity index (χ4v) is 3.29. The van der Waals surface area contributed by atoms with Gasteiger partial charge in [0.05, 0.1) is 23.2 Å². The summed E-state index contributed by atoms with van der Waals surface area (Å²) in [5.41, 5.74) is 1.85. The molecule has 0 saturated carbocycles. The van der Waals surface area contributed by atoms with Gasteiger partial charge >= 0.3 is 0 Å². The maximum Gasteiger partial charge on any atom is 0.282 e. The number of benzene rings is 3. The first kappa shape index (κ1) is 19.9. The van der Waals surface area contributed by atoms with Crippen LogP contribution in [-0.2, 0) is 0 Å². The van der Waals surface area contributed by atoms with Crippen LogP contribution in [0.15, 0.2) is 82.7 Å². The molecular formula is C24H20ClN3O2. The van der Waals surface area contributed by atoms with Crippen molar-refractivity contribution < 1.29 is 4.74 Å². The van der Waals surface area contributed by atoms with Crippen LogP contribution in [0.4, 0.5) is 0 Å². The number of aromatic nitrogens is 2. The lowest BCUT2D eigenvalue weighted by molar-refractivity contribution is 0.242. The Morgan fingerprint density at radius 2 is 1.77 bits per heavy atom. The topological polar surface area (TPSA) is 56.5 Å². The minimum absolute atomic E-state index is 0.0109. The molecule has 0 fully saturated rings. The highest BCUT2D eigenvalue weighted by molar-refractivity contribution is 6.30. The molecule has 3 aromatic carbocycles. The van der Waals surface area contributed by atoms with Crippen molar-refractivity contribution >= 4 is 28.7 Å². The third kappa shape index (κ3) is 4.11. The van der Waals surface area contributed by atoms with Gasteiger partial charge in [-0.15, -0.1) is 0 Å². The number of para-hydroxylation sites is 1. The van der Waals surface area contributed by atoms with E-state index >= 15 is 0 Å². The average Bonchev–Trinajstić information content (AvgIpc) is 2.75. The largest absolute Gasteiger partial charge is 0.490 e. The van der Waals surface area contributed by atoms with Crippen LogP contribution in [0.2, 0.25) is 5.02 Å². The third-order valence-corrected chi connectivity index (χ3v) is 4.67. The molecule has 4 aromatic rings. The van der Waals surface area contributed by atoms with Gasteiger partial charge in [-0.1, -0.05) is 54.1 Å². The molecule has 1 heterocycles. The molecule has 0 aliphatic carbocycles. The molecule has 0 N–H and O–H groups in total. The highest BCUT2D eigenvalue weighted by Gasteiger charge is 2.12. The van der Waals surface area contributed by atoms with Gasteiger partial charge in [0.2, 0.25) is 0 Å². The van der Waals surface area contributed by atoms with Gasteiger partial charge < -0.3 is 4.74 Å². The molecule has 0 bridgehead atoms.